The van der Waals surface area contributed by atoms with Crippen LogP contribution in [0, 0.1) is 5.92 Å². The van der Waals surface area contributed by atoms with Gasteiger partial charge in [-0.1, -0.05) is 19.1 Å². The highest BCUT2D eigenvalue weighted by molar-refractivity contribution is 7.48. The maximum atomic E-state index is 12.4. The van der Waals surface area contributed by atoms with E-state index < -0.39 is 19.9 Å². The second kappa shape index (κ2) is 10.7. The maximum Gasteiger partial charge on any atom is 0.475 e. The third-order valence-electron chi connectivity index (χ3n) is 3.26. The molecule has 0 aliphatic carbocycles. The Balaban J connectivity index is 2.70. The average Bonchev–Trinajstić information content (AvgIpc) is 2.94. The first-order valence-electron chi connectivity index (χ1n) is 8.49. The number of hydrogen-bond donors (Lipinski definition) is 1. The molecule has 0 saturated heterocycles. The maximum absolute atomic E-state index is 12.4. The van der Waals surface area contributed by atoms with Crippen molar-refractivity contribution in [1.29, 1.82) is 0 Å². The van der Waals surface area contributed by atoms with Crippen LogP contribution in [-0.2, 0) is 35.9 Å². The second-order valence-electron chi connectivity index (χ2n) is 5.93. The SMILES string of the molecule is CCOP(=O)(OCC)OC(Cc1cn(CCCC(C)C)nn1)C(=O)O. The monoisotopic (exact) mass is 377 g/mol. The van der Waals surface area contributed by atoms with Crippen molar-refractivity contribution in [3.8, 4) is 0 Å². The van der Waals surface area contributed by atoms with E-state index in [-0.39, 0.29) is 19.6 Å². The quantitative estimate of drug-likeness (QED) is 0.522. The zero-order valence-electron chi connectivity index (χ0n) is 15.3. The highest BCUT2D eigenvalue weighted by Gasteiger charge is 2.34. The molecule has 144 valence electrons. The molecule has 0 aliphatic heterocycles. The van der Waals surface area contributed by atoms with Crippen molar-refractivity contribution >= 4 is 13.8 Å². The molecule has 1 unspecified atom stereocenters. The molecule has 0 radical (unpaired) electrons. The Kier molecular flexibility index (Phi) is 9.27. The topological polar surface area (TPSA) is 113 Å². The predicted octanol–water partition coefficient (Wildman–Crippen LogP) is 2.91. The van der Waals surface area contributed by atoms with Gasteiger partial charge in [-0.05, 0) is 32.6 Å². The van der Waals surface area contributed by atoms with Gasteiger partial charge < -0.3 is 5.11 Å². The average molecular weight is 377 g/mol. The Labute approximate surface area is 148 Å². The number of phosphoric ester groups is 1. The zero-order chi connectivity index (χ0) is 18.9. The molecular formula is C15H28N3O6P. The molecule has 0 spiro atoms. The lowest BCUT2D eigenvalue weighted by Crippen LogP contribution is -2.26. The molecule has 1 atom stereocenters. The summed E-state index contributed by atoms with van der Waals surface area (Å²) in [5.41, 5.74) is 0.441. The summed E-state index contributed by atoms with van der Waals surface area (Å²) in [5, 5.41) is 17.3. The summed E-state index contributed by atoms with van der Waals surface area (Å²) in [7, 11) is -3.92. The van der Waals surface area contributed by atoms with Gasteiger partial charge in [0.2, 0.25) is 0 Å². The van der Waals surface area contributed by atoms with Crippen molar-refractivity contribution in [2.45, 2.75) is 59.6 Å². The molecule has 25 heavy (non-hydrogen) atoms. The molecule has 10 heteroatoms. The number of aromatic nitrogens is 3. The van der Waals surface area contributed by atoms with E-state index in [1.165, 1.54) is 0 Å². The van der Waals surface area contributed by atoms with Crippen LogP contribution >= 0.6 is 7.82 Å². The Morgan fingerprint density at radius 3 is 2.48 bits per heavy atom. The van der Waals surface area contributed by atoms with E-state index in [4.69, 9.17) is 13.6 Å². The van der Waals surface area contributed by atoms with Gasteiger partial charge >= 0.3 is 13.8 Å². The van der Waals surface area contributed by atoms with Gasteiger partial charge in [-0.3, -0.25) is 18.3 Å². The van der Waals surface area contributed by atoms with Crippen molar-refractivity contribution in [3.05, 3.63) is 11.9 Å². The van der Waals surface area contributed by atoms with Crippen LogP contribution in [0.5, 0.6) is 0 Å². The number of carboxylic acid groups (broad SMARTS) is 1. The van der Waals surface area contributed by atoms with Crippen molar-refractivity contribution in [1.82, 2.24) is 15.0 Å². The third kappa shape index (κ3) is 8.09. The number of aliphatic carboxylic acids is 1. The molecule has 9 nitrogen and oxygen atoms in total. The number of phosphoric acid groups is 1. The van der Waals surface area contributed by atoms with E-state index in [1.807, 2.05) is 0 Å². The zero-order valence-corrected chi connectivity index (χ0v) is 16.1. The van der Waals surface area contributed by atoms with Crippen LogP contribution in [0.2, 0.25) is 0 Å². The Hall–Kier alpha value is -1.28. The van der Waals surface area contributed by atoms with Gasteiger partial charge in [0.25, 0.3) is 0 Å². The molecule has 1 N–H and O–H groups in total. The summed E-state index contributed by atoms with van der Waals surface area (Å²) >= 11 is 0. The summed E-state index contributed by atoms with van der Waals surface area (Å²) in [5.74, 6) is -0.659. The Morgan fingerprint density at radius 1 is 1.32 bits per heavy atom. The lowest BCUT2D eigenvalue weighted by atomic mass is 10.1. The molecule has 1 aromatic heterocycles. The van der Waals surface area contributed by atoms with E-state index in [0.29, 0.717) is 18.2 Å². The van der Waals surface area contributed by atoms with Gasteiger partial charge in [-0.2, -0.15) is 0 Å². The predicted molar refractivity (Wildman–Crippen MR) is 91.2 cm³/mol. The van der Waals surface area contributed by atoms with Gasteiger partial charge in [0.1, 0.15) is 0 Å². The van der Waals surface area contributed by atoms with E-state index >= 15 is 0 Å². The summed E-state index contributed by atoms with van der Waals surface area (Å²) in [6.45, 7) is 8.40. The largest absolute Gasteiger partial charge is 0.479 e. The van der Waals surface area contributed by atoms with Crippen molar-refractivity contribution in [2.75, 3.05) is 13.2 Å². The minimum Gasteiger partial charge on any atom is -0.479 e. The molecular weight excluding hydrogens is 349 g/mol. The van der Waals surface area contributed by atoms with Crippen molar-refractivity contribution in [2.24, 2.45) is 5.92 Å². The van der Waals surface area contributed by atoms with Gasteiger partial charge in [-0.25, -0.2) is 9.36 Å². The fourth-order valence-corrected chi connectivity index (χ4v) is 3.44. The lowest BCUT2D eigenvalue weighted by molar-refractivity contribution is -0.146. The fourth-order valence-electron chi connectivity index (χ4n) is 2.13. The fraction of sp³-hybridized carbons (Fsp3) is 0.800. The summed E-state index contributed by atoms with van der Waals surface area (Å²) in [4.78, 5) is 11.4. The number of rotatable bonds is 13. The summed E-state index contributed by atoms with van der Waals surface area (Å²) in [6, 6.07) is 0. The highest BCUT2D eigenvalue weighted by Crippen LogP contribution is 2.50. The van der Waals surface area contributed by atoms with Gasteiger partial charge in [0.05, 0.1) is 18.9 Å². The van der Waals surface area contributed by atoms with Crippen LogP contribution in [0.25, 0.3) is 0 Å². The van der Waals surface area contributed by atoms with Crippen LogP contribution in [0.4, 0.5) is 0 Å². The van der Waals surface area contributed by atoms with Crippen LogP contribution in [0.15, 0.2) is 6.20 Å². The first-order valence-corrected chi connectivity index (χ1v) is 9.95. The van der Waals surface area contributed by atoms with Gasteiger partial charge in [-0.15, -0.1) is 5.10 Å². The molecule has 0 bridgehead atoms. The number of hydrogen-bond acceptors (Lipinski definition) is 7. The van der Waals surface area contributed by atoms with Gasteiger partial charge in [0.15, 0.2) is 6.10 Å². The van der Waals surface area contributed by atoms with E-state index in [0.717, 1.165) is 12.8 Å². The molecule has 1 rings (SSSR count). The van der Waals surface area contributed by atoms with Gasteiger partial charge in [0, 0.05) is 19.2 Å². The van der Waals surface area contributed by atoms with E-state index in [9.17, 15) is 14.5 Å². The standard InChI is InChI=1S/C15H28N3O6P/c1-5-22-25(21,23-6-2)24-14(15(19)20)10-13-11-18(17-16-13)9-7-8-12(3)4/h11-12,14H,5-10H2,1-4H3,(H,19,20). The van der Waals surface area contributed by atoms with Crippen molar-refractivity contribution in [3.63, 3.8) is 0 Å². The van der Waals surface area contributed by atoms with E-state index in [1.54, 1.807) is 24.7 Å². The third-order valence-corrected chi connectivity index (χ3v) is 4.92. The summed E-state index contributed by atoms with van der Waals surface area (Å²) in [6.07, 6.45) is 2.23. The van der Waals surface area contributed by atoms with Crippen LogP contribution < -0.4 is 0 Å². The van der Waals surface area contributed by atoms with Crippen LogP contribution in [-0.4, -0.2) is 45.4 Å². The first-order chi connectivity index (χ1) is 11.8. The van der Waals surface area contributed by atoms with Crippen LogP contribution in [0.3, 0.4) is 0 Å². The molecule has 0 saturated carbocycles. The molecule has 0 amide bonds. The summed E-state index contributed by atoms with van der Waals surface area (Å²) < 4.78 is 29.1. The number of aryl methyl sites for hydroxylation is 1. The first kappa shape index (κ1) is 21.8. The minimum absolute atomic E-state index is 0.0790. The second-order valence-corrected chi connectivity index (χ2v) is 7.55. The number of carbonyl (C=O) groups is 1. The molecule has 1 aromatic rings. The minimum atomic E-state index is -3.92. The molecule has 0 fully saturated rings. The number of carboxylic acids is 1. The molecule has 0 aliphatic rings. The lowest BCUT2D eigenvalue weighted by Gasteiger charge is -2.20. The smallest absolute Gasteiger partial charge is 0.475 e. The number of nitrogens with zero attached hydrogens (tertiary/aromatic N) is 3. The van der Waals surface area contributed by atoms with Crippen LogP contribution in [0.1, 0.15) is 46.2 Å². The molecule has 0 aromatic carbocycles. The van der Waals surface area contributed by atoms with E-state index in [2.05, 4.69) is 24.2 Å². The molecule has 1 heterocycles. The Bertz CT molecular complexity index is 567. The Morgan fingerprint density at radius 2 is 1.96 bits per heavy atom. The highest BCUT2D eigenvalue weighted by atomic mass is 31.2. The normalized spacial score (nSPS) is 13.3. The van der Waals surface area contributed by atoms with Crippen molar-refractivity contribution < 1.29 is 28.0 Å².